The second-order valence-corrected chi connectivity index (χ2v) is 5.16. The van der Waals surface area contributed by atoms with E-state index in [2.05, 4.69) is 41.9 Å². The molecule has 0 atom stereocenters. The van der Waals surface area contributed by atoms with Gasteiger partial charge < -0.3 is 5.11 Å². The van der Waals surface area contributed by atoms with Crippen molar-refractivity contribution in [2.24, 2.45) is 0 Å². The van der Waals surface area contributed by atoms with Crippen LogP contribution in [0.25, 0.3) is 0 Å². The molecule has 1 saturated carbocycles. The van der Waals surface area contributed by atoms with Gasteiger partial charge in [0.1, 0.15) is 6.61 Å². The van der Waals surface area contributed by atoms with Gasteiger partial charge >= 0.3 is 0 Å². The standard InChI is InChI=1S/C17H23NO/c1-2-18(17-10-3-4-11-17)14-16-8-5-7-15(13-16)9-6-12-19/h5,7-8,13,17,19H,2-4,10-12,14H2,1H3. The highest BCUT2D eigenvalue weighted by Gasteiger charge is 2.21. The summed E-state index contributed by atoms with van der Waals surface area (Å²) in [6.45, 7) is 4.29. The topological polar surface area (TPSA) is 23.5 Å². The zero-order valence-corrected chi connectivity index (χ0v) is 11.7. The maximum Gasteiger partial charge on any atom is 0.104 e. The van der Waals surface area contributed by atoms with E-state index in [0.29, 0.717) is 0 Å². The molecule has 1 aliphatic rings. The zero-order chi connectivity index (χ0) is 13.5. The first kappa shape index (κ1) is 14.1. The number of benzene rings is 1. The summed E-state index contributed by atoms with van der Waals surface area (Å²) in [4.78, 5) is 2.57. The van der Waals surface area contributed by atoms with Crippen molar-refractivity contribution in [2.75, 3.05) is 13.2 Å². The lowest BCUT2D eigenvalue weighted by Crippen LogP contribution is -2.32. The maximum atomic E-state index is 8.74. The van der Waals surface area contributed by atoms with E-state index in [1.165, 1.54) is 31.2 Å². The number of aliphatic hydroxyl groups excluding tert-OH is 1. The number of hydrogen-bond acceptors (Lipinski definition) is 2. The lowest BCUT2D eigenvalue weighted by Gasteiger charge is -2.27. The summed E-state index contributed by atoms with van der Waals surface area (Å²) in [6.07, 6.45) is 5.45. The van der Waals surface area contributed by atoms with Crippen LogP contribution in [0.2, 0.25) is 0 Å². The van der Waals surface area contributed by atoms with E-state index >= 15 is 0 Å². The molecule has 0 aliphatic heterocycles. The summed E-state index contributed by atoms with van der Waals surface area (Å²) in [5.74, 6) is 5.68. The average Bonchev–Trinajstić information content (AvgIpc) is 2.97. The van der Waals surface area contributed by atoms with Crippen molar-refractivity contribution < 1.29 is 5.11 Å². The molecule has 1 N–H and O–H groups in total. The van der Waals surface area contributed by atoms with Gasteiger partial charge in [0.25, 0.3) is 0 Å². The average molecular weight is 257 g/mol. The molecular formula is C17H23NO. The van der Waals surface area contributed by atoms with Crippen molar-refractivity contribution in [1.82, 2.24) is 4.90 Å². The summed E-state index contributed by atoms with van der Waals surface area (Å²) in [6, 6.07) is 9.12. The molecule has 0 radical (unpaired) electrons. The van der Waals surface area contributed by atoms with Gasteiger partial charge in [-0.15, -0.1) is 0 Å². The monoisotopic (exact) mass is 257 g/mol. The van der Waals surface area contributed by atoms with Crippen LogP contribution in [0.3, 0.4) is 0 Å². The van der Waals surface area contributed by atoms with E-state index in [-0.39, 0.29) is 6.61 Å². The third-order valence-corrected chi connectivity index (χ3v) is 3.87. The molecule has 0 bridgehead atoms. The van der Waals surface area contributed by atoms with E-state index in [1.54, 1.807) is 0 Å². The van der Waals surface area contributed by atoms with Crippen LogP contribution >= 0.6 is 0 Å². The molecule has 1 aromatic rings. The van der Waals surface area contributed by atoms with Crippen molar-refractivity contribution in [2.45, 2.75) is 45.2 Å². The molecule has 1 aromatic carbocycles. The van der Waals surface area contributed by atoms with Crippen LogP contribution in [-0.2, 0) is 6.54 Å². The smallest absolute Gasteiger partial charge is 0.104 e. The van der Waals surface area contributed by atoms with E-state index in [9.17, 15) is 0 Å². The first-order valence-electron chi connectivity index (χ1n) is 7.26. The van der Waals surface area contributed by atoms with Crippen LogP contribution < -0.4 is 0 Å². The molecule has 102 valence electrons. The van der Waals surface area contributed by atoms with Gasteiger partial charge in [0.05, 0.1) is 0 Å². The second-order valence-electron chi connectivity index (χ2n) is 5.16. The van der Waals surface area contributed by atoms with Crippen LogP contribution in [0, 0.1) is 11.8 Å². The molecule has 0 spiro atoms. The maximum absolute atomic E-state index is 8.74. The minimum Gasteiger partial charge on any atom is -0.384 e. The summed E-state index contributed by atoms with van der Waals surface area (Å²) in [7, 11) is 0. The van der Waals surface area contributed by atoms with E-state index < -0.39 is 0 Å². The minimum atomic E-state index is -0.0760. The predicted octanol–water partition coefficient (Wildman–Crippen LogP) is 2.79. The lowest BCUT2D eigenvalue weighted by atomic mass is 10.1. The number of nitrogens with zero attached hydrogens (tertiary/aromatic N) is 1. The van der Waals surface area contributed by atoms with Gasteiger partial charge in [0.15, 0.2) is 0 Å². The fraction of sp³-hybridized carbons (Fsp3) is 0.529. The summed E-state index contributed by atoms with van der Waals surface area (Å²) >= 11 is 0. The largest absolute Gasteiger partial charge is 0.384 e. The van der Waals surface area contributed by atoms with Gasteiger partial charge in [0, 0.05) is 18.2 Å². The van der Waals surface area contributed by atoms with Crippen molar-refractivity contribution in [1.29, 1.82) is 0 Å². The predicted molar refractivity (Wildman–Crippen MR) is 78.7 cm³/mol. The summed E-state index contributed by atoms with van der Waals surface area (Å²) < 4.78 is 0. The molecular weight excluding hydrogens is 234 g/mol. The summed E-state index contributed by atoms with van der Waals surface area (Å²) in [5.41, 5.74) is 2.31. The van der Waals surface area contributed by atoms with Gasteiger partial charge in [-0.2, -0.15) is 0 Å². The van der Waals surface area contributed by atoms with Crippen LogP contribution in [0.1, 0.15) is 43.7 Å². The lowest BCUT2D eigenvalue weighted by molar-refractivity contribution is 0.200. The Bertz CT molecular complexity index is 452. The van der Waals surface area contributed by atoms with Gasteiger partial charge in [-0.3, -0.25) is 4.90 Å². The molecule has 2 heteroatoms. The Hall–Kier alpha value is -1.30. The molecule has 0 saturated heterocycles. The first-order valence-corrected chi connectivity index (χ1v) is 7.26. The van der Waals surface area contributed by atoms with Gasteiger partial charge in [-0.05, 0) is 37.1 Å². The van der Waals surface area contributed by atoms with Crippen LogP contribution in [0.5, 0.6) is 0 Å². The normalized spacial score (nSPS) is 15.5. The SMILES string of the molecule is CCN(Cc1cccc(C#CCO)c1)C1CCCC1. The Labute approximate surface area is 116 Å². The molecule has 1 aliphatic carbocycles. The molecule has 2 rings (SSSR count). The first-order chi connectivity index (χ1) is 9.33. The van der Waals surface area contributed by atoms with Gasteiger partial charge in [-0.25, -0.2) is 0 Å². The fourth-order valence-corrected chi connectivity index (χ4v) is 2.89. The molecule has 0 aromatic heterocycles. The van der Waals surface area contributed by atoms with E-state index in [4.69, 9.17) is 5.11 Å². The van der Waals surface area contributed by atoms with Crippen molar-refractivity contribution in [3.8, 4) is 11.8 Å². The van der Waals surface area contributed by atoms with Crippen molar-refractivity contribution in [3.05, 3.63) is 35.4 Å². The molecule has 19 heavy (non-hydrogen) atoms. The summed E-state index contributed by atoms with van der Waals surface area (Å²) in [5, 5.41) is 8.74. The molecule has 2 nitrogen and oxygen atoms in total. The van der Waals surface area contributed by atoms with Gasteiger partial charge in [-0.1, -0.05) is 43.7 Å². The van der Waals surface area contributed by atoms with Gasteiger partial charge in [0.2, 0.25) is 0 Å². The Kier molecular flexibility index (Phi) is 5.44. The zero-order valence-electron chi connectivity index (χ0n) is 11.7. The van der Waals surface area contributed by atoms with E-state index in [0.717, 1.165) is 24.7 Å². The third kappa shape index (κ3) is 4.09. The van der Waals surface area contributed by atoms with Crippen LogP contribution in [0.4, 0.5) is 0 Å². The fourth-order valence-electron chi connectivity index (χ4n) is 2.89. The van der Waals surface area contributed by atoms with Crippen LogP contribution in [-0.4, -0.2) is 29.2 Å². The number of aliphatic hydroxyl groups is 1. The molecule has 1 fully saturated rings. The third-order valence-electron chi connectivity index (χ3n) is 3.87. The highest BCUT2D eigenvalue weighted by Crippen LogP contribution is 2.24. The Morgan fingerprint density at radius 1 is 1.32 bits per heavy atom. The Morgan fingerprint density at radius 3 is 2.79 bits per heavy atom. The molecule has 0 unspecified atom stereocenters. The highest BCUT2D eigenvalue weighted by molar-refractivity contribution is 5.37. The Balaban J connectivity index is 2.04. The molecule has 0 heterocycles. The van der Waals surface area contributed by atoms with E-state index in [1.807, 2.05) is 6.07 Å². The Morgan fingerprint density at radius 2 is 2.11 bits per heavy atom. The number of rotatable bonds is 4. The van der Waals surface area contributed by atoms with Crippen molar-refractivity contribution >= 4 is 0 Å². The highest BCUT2D eigenvalue weighted by atomic mass is 16.2. The molecule has 0 amide bonds. The minimum absolute atomic E-state index is 0.0760. The quantitative estimate of drug-likeness (QED) is 0.838. The second kappa shape index (κ2) is 7.33. The van der Waals surface area contributed by atoms with Crippen LogP contribution in [0.15, 0.2) is 24.3 Å². The number of hydrogen-bond donors (Lipinski definition) is 1. The van der Waals surface area contributed by atoms with Crippen molar-refractivity contribution in [3.63, 3.8) is 0 Å².